The number of rotatable bonds is 10. The molecule has 2 saturated heterocycles. The fraction of sp³-hybridized carbons (Fsp3) is 0.692. The lowest BCUT2D eigenvalue weighted by Crippen LogP contribution is -2.59. The van der Waals surface area contributed by atoms with E-state index in [0.717, 1.165) is 22.6 Å². The van der Waals surface area contributed by atoms with Crippen LogP contribution in [0.25, 0.3) is 0 Å². The van der Waals surface area contributed by atoms with Crippen molar-refractivity contribution in [3.63, 3.8) is 0 Å². The Kier molecular flexibility index (Phi) is 9.57. The van der Waals surface area contributed by atoms with Crippen LogP contribution in [-0.2, 0) is 25.6 Å². The Morgan fingerprint density at radius 3 is 2.80 bits per heavy atom. The van der Waals surface area contributed by atoms with Crippen LogP contribution < -0.4 is 10.6 Å². The minimum atomic E-state index is -0.877. The standard InChI is InChI=1S/C26H40ClN3O5/c1-6-34-15-20-18(13-21(31)35-20)29-24(32)19-11-8-12-30(19)25(33)23(26(3,4)5)28-14-17-10-7-9-16(2)22(17)27/h7,9-10,18-20,23,25,28,33H,6,8,11-15H2,1-5H3,(H,29,32)/t18-,19-,20?,23+,25?/m0/s1. The van der Waals surface area contributed by atoms with Gasteiger partial charge in [0.2, 0.25) is 5.91 Å². The van der Waals surface area contributed by atoms with Crippen LogP contribution in [0.3, 0.4) is 0 Å². The molecular formula is C26H40ClN3O5. The number of likely N-dealkylation sites (tertiary alicyclic amines) is 1. The Morgan fingerprint density at radius 2 is 2.11 bits per heavy atom. The van der Waals surface area contributed by atoms with Crippen molar-refractivity contribution in [2.45, 2.75) is 90.9 Å². The number of aryl methyl sites for hydroxylation is 1. The first kappa shape index (κ1) is 27.9. The summed E-state index contributed by atoms with van der Waals surface area (Å²) in [6.45, 7) is 11.9. The number of halogens is 1. The van der Waals surface area contributed by atoms with E-state index in [1.165, 1.54) is 0 Å². The van der Waals surface area contributed by atoms with E-state index in [2.05, 4.69) is 31.4 Å². The molecule has 1 aromatic rings. The number of carbonyl (C=O) groups is 2. The number of esters is 1. The molecule has 8 nitrogen and oxygen atoms in total. The Labute approximate surface area is 213 Å². The summed E-state index contributed by atoms with van der Waals surface area (Å²) in [6, 6.07) is 4.69. The zero-order chi connectivity index (χ0) is 25.8. The van der Waals surface area contributed by atoms with Gasteiger partial charge in [-0.1, -0.05) is 50.6 Å². The SMILES string of the molecule is CCOCC1OC(=O)C[C@@H]1NC(=O)[C@@H]1CCCN1C(O)[C@@H](NCc1cccc(C)c1Cl)C(C)(C)C. The second kappa shape index (κ2) is 12.0. The number of carbonyl (C=O) groups excluding carboxylic acids is 2. The number of cyclic esters (lactones) is 1. The van der Waals surface area contributed by atoms with Crippen LogP contribution in [0.2, 0.25) is 5.02 Å². The van der Waals surface area contributed by atoms with E-state index in [1.54, 1.807) is 0 Å². The first-order chi connectivity index (χ1) is 16.5. The molecule has 1 amide bonds. The van der Waals surface area contributed by atoms with Gasteiger partial charge < -0.3 is 25.2 Å². The lowest BCUT2D eigenvalue weighted by molar-refractivity contribution is -0.144. The summed E-state index contributed by atoms with van der Waals surface area (Å²) in [5.74, 6) is -0.532. The molecule has 0 saturated carbocycles. The summed E-state index contributed by atoms with van der Waals surface area (Å²) in [5, 5.41) is 18.7. The molecule has 3 rings (SSSR count). The molecule has 5 atom stereocenters. The largest absolute Gasteiger partial charge is 0.458 e. The lowest BCUT2D eigenvalue weighted by Gasteiger charge is -2.41. The Morgan fingerprint density at radius 1 is 1.37 bits per heavy atom. The number of aliphatic hydroxyl groups is 1. The zero-order valence-electron chi connectivity index (χ0n) is 21.5. The fourth-order valence-electron chi connectivity index (χ4n) is 4.92. The van der Waals surface area contributed by atoms with Gasteiger partial charge >= 0.3 is 5.97 Å². The van der Waals surface area contributed by atoms with Gasteiger partial charge in [0.1, 0.15) is 12.3 Å². The fourth-order valence-corrected chi connectivity index (χ4v) is 5.11. The highest BCUT2D eigenvalue weighted by atomic mass is 35.5. The van der Waals surface area contributed by atoms with Crippen LogP contribution in [0.4, 0.5) is 0 Å². The molecule has 2 heterocycles. The molecule has 0 aliphatic carbocycles. The predicted molar refractivity (Wildman–Crippen MR) is 135 cm³/mol. The molecule has 35 heavy (non-hydrogen) atoms. The molecule has 0 spiro atoms. The van der Waals surface area contributed by atoms with Gasteiger partial charge in [-0.15, -0.1) is 0 Å². The molecule has 2 aliphatic rings. The highest BCUT2D eigenvalue weighted by molar-refractivity contribution is 6.32. The molecule has 0 bridgehead atoms. The van der Waals surface area contributed by atoms with E-state index in [-0.39, 0.29) is 36.4 Å². The van der Waals surface area contributed by atoms with Gasteiger partial charge in [-0.05, 0) is 43.2 Å². The van der Waals surface area contributed by atoms with Crippen molar-refractivity contribution in [2.24, 2.45) is 5.41 Å². The van der Waals surface area contributed by atoms with Crippen molar-refractivity contribution >= 4 is 23.5 Å². The summed E-state index contributed by atoms with van der Waals surface area (Å²) in [6.07, 6.45) is 0.202. The normalized spacial score (nSPS) is 24.9. The monoisotopic (exact) mass is 509 g/mol. The van der Waals surface area contributed by atoms with Crippen molar-refractivity contribution in [2.75, 3.05) is 19.8 Å². The third-order valence-electron chi connectivity index (χ3n) is 6.88. The van der Waals surface area contributed by atoms with Crippen LogP contribution >= 0.6 is 11.6 Å². The number of ether oxygens (including phenoxy) is 2. The van der Waals surface area contributed by atoms with E-state index in [0.29, 0.717) is 26.1 Å². The molecule has 3 N–H and O–H groups in total. The number of nitrogens with one attached hydrogen (secondary N) is 2. The number of aliphatic hydroxyl groups excluding tert-OH is 1. The van der Waals surface area contributed by atoms with Crippen molar-refractivity contribution in [3.05, 3.63) is 34.3 Å². The Balaban J connectivity index is 1.69. The summed E-state index contributed by atoms with van der Waals surface area (Å²) in [4.78, 5) is 27.0. The van der Waals surface area contributed by atoms with Gasteiger partial charge in [0.25, 0.3) is 0 Å². The molecule has 2 aliphatic heterocycles. The number of benzene rings is 1. The minimum absolute atomic E-state index is 0.127. The smallest absolute Gasteiger partial charge is 0.308 e. The quantitative estimate of drug-likeness (QED) is 0.417. The van der Waals surface area contributed by atoms with Gasteiger partial charge in [-0.2, -0.15) is 0 Å². The van der Waals surface area contributed by atoms with E-state index >= 15 is 0 Å². The van der Waals surface area contributed by atoms with Crippen LogP contribution in [0, 0.1) is 12.3 Å². The molecule has 2 unspecified atom stereocenters. The second-order valence-corrected chi connectivity index (χ2v) is 11.0. The van der Waals surface area contributed by atoms with Gasteiger partial charge in [0, 0.05) is 24.7 Å². The van der Waals surface area contributed by atoms with Crippen LogP contribution in [0.1, 0.15) is 58.1 Å². The van der Waals surface area contributed by atoms with E-state index in [1.807, 2.05) is 36.9 Å². The van der Waals surface area contributed by atoms with Crippen molar-refractivity contribution < 1.29 is 24.2 Å². The van der Waals surface area contributed by atoms with Gasteiger partial charge in [-0.25, -0.2) is 0 Å². The lowest BCUT2D eigenvalue weighted by atomic mass is 9.84. The maximum absolute atomic E-state index is 13.3. The van der Waals surface area contributed by atoms with Crippen molar-refractivity contribution in [1.29, 1.82) is 0 Å². The van der Waals surface area contributed by atoms with Crippen LogP contribution in [0.15, 0.2) is 18.2 Å². The summed E-state index contributed by atoms with van der Waals surface area (Å²) in [7, 11) is 0. The average Bonchev–Trinajstić information content (AvgIpc) is 3.40. The zero-order valence-corrected chi connectivity index (χ0v) is 22.2. The first-order valence-electron chi connectivity index (χ1n) is 12.5. The second-order valence-electron chi connectivity index (χ2n) is 10.6. The molecule has 0 radical (unpaired) electrons. The number of hydrogen-bond donors (Lipinski definition) is 3. The number of hydrogen-bond acceptors (Lipinski definition) is 7. The molecular weight excluding hydrogens is 470 g/mol. The molecule has 2 fully saturated rings. The minimum Gasteiger partial charge on any atom is -0.458 e. The third kappa shape index (κ3) is 6.95. The van der Waals surface area contributed by atoms with Gasteiger partial charge in [0.15, 0.2) is 0 Å². The Bertz CT molecular complexity index is 890. The van der Waals surface area contributed by atoms with Crippen LogP contribution in [-0.4, -0.2) is 72.1 Å². The van der Waals surface area contributed by atoms with Crippen molar-refractivity contribution in [3.8, 4) is 0 Å². The van der Waals surface area contributed by atoms with E-state index < -0.39 is 24.4 Å². The summed E-state index contributed by atoms with van der Waals surface area (Å²) < 4.78 is 10.7. The molecule has 0 aromatic heterocycles. The van der Waals surface area contributed by atoms with E-state index in [9.17, 15) is 14.7 Å². The average molecular weight is 510 g/mol. The number of nitrogens with zero attached hydrogens (tertiary/aromatic N) is 1. The van der Waals surface area contributed by atoms with Gasteiger partial charge in [0.05, 0.1) is 31.2 Å². The van der Waals surface area contributed by atoms with E-state index in [4.69, 9.17) is 21.1 Å². The molecule has 9 heteroatoms. The third-order valence-corrected chi connectivity index (χ3v) is 7.42. The summed E-state index contributed by atoms with van der Waals surface area (Å²) in [5.41, 5.74) is 1.69. The summed E-state index contributed by atoms with van der Waals surface area (Å²) >= 11 is 6.49. The first-order valence-corrected chi connectivity index (χ1v) is 12.9. The van der Waals surface area contributed by atoms with Crippen LogP contribution in [0.5, 0.6) is 0 Å². The maximum atomic E-state index is 13.3. The highest BCUT2D eigenvalue weighted by Gasteiger charge is 2.43. The maximum Gasteiger partial charge on any atom is 0.308 e. The van der Waals surface area contributed by atoms with Gasteiger partial charge in [-0.3, -0.25) is 14.5 Å². The Hall–Kier alpha value is -1.71. The predicted octanol–water partition coefficient (Wildman–Crippen LogP) is 2.77. The highest BCUT2D eigenvalue weighted by Crippen LogP contribution is 2.30. The molecule has 1 aromatic carbocycles. The number of amides is 1. The van der Waals surface area contributed by atoms with Crippen molar-refractivity contribution in [1.82, 2.24) is 15.5 Å². The molecule has 196 valence electrons. The topological polar surface area (TPSA) is 100 Å².